The van der Waals surface area contributed by atoms with Gasteiger partial charge in [0.25, 0.3) is 0 Å². The van der Waals surface area contributed by atoms with Crippen LogP contribution < -0.4 is 15.4 Å². The Hall–Kier alpha value is -1.50. The molecule has 0 unspecified atom stereocenters. The van der Waals surface area contributed by atoms with Gasteiger partial charge in [-0.15, -0.1) is 12.4 Å². The van der Waals surface area contributed by atoms with E-state index in [9.17, 15) is 4.79 Å². The summed E-state index contributed by atoms with van der Waals surface area (Å²) in [4.78, 5) is 18.7. The Labute approximate surface area is 163 Å². The smallest absolute Gasteiger partial charge is 0.239 e. The molecule has 6 nitrogen and oxygen atoms in total. The van der Waals surface area contributed by atoms with Gasteiger partial charge in [-0.25, -0.2) is 0 Å². The lowest BCUT2D eigenvalue weighted by atomic mass is 10.0. The molecule has 0 saturated carbocycles. The van der Waals surface area contributed by atoms with Crippen LogP contribution in [-0.4, -0.2) is 75.2 Å². The maximum absolute atomic E-state index is 12.4. The van der Waals surface area contributed by atoms with Gasteiger partial charge in [-0.1, -0.05) is 26.0 Å². The number of hydrogen-bond donors (Lipinski definition) is 1. The third kappa shape index (κ3) is 6.04. The number of nitrogens with zero attached hydrogens (tertiary/aromatic N) is 3. The Balaban J connectivity index is 0.00000338. The second-order valence-electron chi connectivity index (χ2n) is 7.20. The molecule has 7 heteroatoms. The lowest BCUT2D eigenvalue weighted by molar-refractivity contribution is -0.133. The zero-order chi connectivity index (χ0) is 18.4. The number of anilines is 1. The van der Waals surface area contributed by atoms with Crippen molar-refractivity contribution in [3.05, 3.63) is 24.3 Å². The summed E-state index contributed by atoms with van der Waals surface area (Å²) < 4.78 is 5.96. The number of piperazine rings is 1. The minimum Gasteiger partial charge on any atom is -0.490 e. The number of rotatable bonds is 7. The Kier molecular flexibility index (Phi) is 9.19. The van der Waals surface area contributed by atoms with Gasteiger partial charge < -0.3 is 25.2 Å². The highest BCUT2D eigenvalue weighted by Gasteiger charge is 2.27. The third-order valence-electron chi connectivity index (χ3n) is 4.60. The molecule has 0 spiro atoms. The van der Waals surface area contributed by atoms with Gasteiger partial charge in [0.15, 0.2) is 0 Å². The lowest BCUT2D eigenvalue weighted by Crippen LogP contribution is -2.54. The maximum atomic E-state index is 12.4. The molecule has 1 amide bonds. The van der Waals surface area contributed by atoms with E-state index < -0.39 is 6.04 Å². The van der Waals surface area contributed by atoms with E-state index in [0.717, 1.165) is 31.1 Å². The Morgan fingerprint density at radius 1 is 1.19 bits per heavy atom. The fourth-order valence-electron chi connectivity index (χ4n) is 2.84. The van der Waals surface area contributed by atoms with Gasteiger partial charge >= 0.3 is 0 Å². The summed E-state index contributed by atoms with van der Waals surface area (Å²) in [5.74, 6) is 1.13. The Morgan fingerprint density at radius 3 is 2.38 bits per heavy atom. The van der Waals surface area contributed by atoms with E-state index >= 15 is 0 Å². The monoisotopic (exact) mass is 384 g/mol. The quantitative estimate of drug-likeness (QED) is 0.775. The van der Waals surface area contributed by atoms with Crippen LogP contribution in [0.15, 0.2) is 24.3 Å². The fourth-order valence-corrected chi connectivity index (χ4v) is 2.84. The largest absolute Gasteiger partial charge is 0.490 e. The van der Waals surface area contributed by atoms with Gasteiger partial charge in [0.1, 0.15) is 12.4 Å². The maximum Gasteiger partial charge on any atom is 0.239 e. The summed E-state index contributed by atoms with van der Waals surface area (Å²) in [6, 6.07) is 7.71. The van der Waals surface area contributed by atoms with Crippen LogP contribution in [0.25, 0.3) is 0 Å². The van der Waals surface area contributed by atoms with E-state index in [0.29, 0.717) is 19.7 Å². The summed E-state index contributed by atoms with van der Waals surface area (Å²) >= 11 is 0. The first-order valence-corrected chi connectivity index (χ1v) is 9.06. The molecule has 1 fully saturated rings. The van der Waals surface area contributed by atoms with Gasteiger partial charge in [-0.05, 0) is 32.1 Å². The third-order valence-corrected chi connectivity index (χ3v) is 4.60. The number of ether oxygens (including phenoxy) is 1. The van der Waals surface area contributed by atoms with E-state index in [4.69, 9.17) is 10.5 Å². The molecule has 0 aliphatic carbocycles. The number of carbonyl (C=O) groups excluding carboxylic acids is 1. The number of likely N-dealkylation sites (N-methyl/N-ethyl adjacent to an activating group) is 1. The van der Waals surface area contributed by atoms with Crippen LogP contribution in [0, 0.1) is 5.92 Å². The van der Waals surface area contributed by atoms with Crippen molar-refractivity contribution < 1.29 is 9.53 Å². The number of halogens is 1. The first-order valence-electron chi connectivity index (χ1n) is 9.06. The van der Waals surface area contributed by atoms with E-state index in [1.165, 1.54) is 0 Å². The van der Waals surface area contributed by atoms with Crippen molar-refractivity contribution in [2.75, 3.05) is 58.3 Å². The SMILES string of the molecule is CC(C)[C@H](N)C(=O)N1CCN(c2ccccc2OCCN(C)C)CC1.Cl. The molecular formula is C19H33ClN4O2. The molecule has 148 valence electrons. The van der Waals surface area contributed by atoms with Crippen LogP contribution in [0.5, 0.6) is 5.75 Å². The molecule has 1 aromatic carbocycles. The molecule has 1 aliphatic rings. The first kappa shape index (κ1) is 22.5. The normalized spacial score (nSPS) is 15.8. The van der Waals surface area contributed by atoms with E-state index in [1.54, 1.807) is 0 Å². The molecule has 1 heterocycles. The minimum absolute atomic E-state index is 0. The van der Waals surface area contributed by atoms with Crippen LogP contribution >= 0.6 is 12.4 Å². The van der Waals surface area contributed by atoms with Crippen molar-refractivity contribution in [3.63, 3.8) is 0 Å². The van der Waals surface area contributed by atoms with Crippen LogP contribution in [-0.2, 0) is 4.79 Å². The predicted octanol–water partition coefficient (Wildman–Crippen LogP) is 1.68. The van der Waals surface area contributed by atoms with Gasteiger partial charge in [-0.3, -0.25) is 4.79 Å². The standard InChI is InChI=1S/C19H32N4O2.ClH/c1-15(2)18(20)19(24)23-11-9-22(10-12-23)16-7-5-6-8-17(16)25-14-13-21(3)4;/h5-8,15,18H,9-14,20H2,1-4H3;1H/t18-;/m0./s1. The molecule has 2 rings (SSSR count). The van der Waals surface area contributed by atoms with Crippen molar-refractivity contribution in [1.29, 1.82) is 0 Å². The number of carbonyl (C=O) groups is 1. The van der Waals surface area contributed by atoms with Gasteiger partial charge in [0.2, 0.25) is 5.91 Å². The fraction of sp³-hybridized carbons (Fsp3) is 0.632. The highest BCUT2D eigenvalue weighted by atomic mass is 35.5. The summed E-state index contributed by atoms with van der Waals surface area (Å²) in [6.07, 6.45) is 0. The highest BCUT2D eigenvalue weighted by Crippen LogP contribution is 2.29. The topological polar surface area (TPSA) is 62.0 Å². The molecule has 1 saturated heterocycles. The van der Waals surface area contributed by atoms with E-state index in [-0.39, 0.29) is 24.2 Å². The van der Waals surface area contributed by atoms with Gasteiger partial charge in [-0.2, -0.15) is 0 Å². The highest BCUT2D eigenvalue weighted by molar-refractivity contribution is 5.85. The Bertz CT molecular complexity index is 560. The van der Waals surface area contributed by atoms with Crippen LogP contribution in [0.3, 0.4) is 0 Å². The second kappa shape index (κ2) is 10.6. The van der Waals surface area contributed by atoms with Crippen LogP contribution in [0.4, 0.5) is 5.69 Å². The number of nitrogens with two attached hydrogens (primary N) is 1. The zero-order valence-corrected chi connectivity index (χ0v) is 17.2. The van der Waals surface area contributed by atoms with E-state index in [2.05, 4.69) is 15.9 Å². The first-order chi connectivity index (χ1) is 11.9. The van der Waals surface area contributed by atoms with Crippen LogP contribution in [0.1, 0.15) is 13.8 Å². The molecule has 0 radical (unpaired) electrons. The molecule has 1 atom stereocenters. The van der Waals surface area contributed by atoms with Crippen molar-refractivity contribution >= 4 is 24.0 Å². The van der Waals surface area contributed by atoms with Crippen molar-refractivity contribution in [2.24, 2.45) is 11.7 Å². The average Bonchev–Trinajstić information content (AvgIpc) is 2.60. The minimum atomic E-state index is -0.409. The molecule has 1 aliphatic heterocycles. The molecule has 26 heavy (non-hydrogen) atoms. The summed E-state index contributed by atoms with van der Waals surface area (Å²) in [5, 5.41) is 0. The molecule has 0 bridgehead atoms. The van der Waals surface area contributed by atoms with E-state index in [1.807, 2.05) is 51.0 Å². The van der Waals surface area contributed by atoms with Crippen molar-refractivity contribution in [2.45, 2.75) is 19.9 Å². The predicted molar refractivity (Wildman–Crippen MR) is 109 cm³/mol. The summed E-state index contributed by atoms with van der Waals surface area (Å²) in [5.41, 5.74) is 7.11. The Morgan fingerprint density at radius 2 is 1.81 bits per heavy atom. The number of hydrogen-bond acceptors (Lipinski definition) is 5. The second-order valence-corrected chi connectivity index (χ2v) is 7.20. The van der Waals surface area contributed by atoms with Gasteiger partial charge in [0, 0.05) is 32.7 Å². The van der Waals surface area contributed by atoms with Crippen LogP contribution in [0.2, 0.25) is 0 Å². The van der Waals surface area contributed by atoms with Crippen molar-refractivity contribution in [3.8, 4) is 5.75 Å². The molecule has 1 aromatic rings. The van der Waals surface area contributed by atoms with Crippen molar-refractivity contribution in [1.82, 2.24) is 9.80 Å². The number of benzene rings is 1. The summed E-state index contributed by atoms with van der Waals surface area (Å²) in [6.45, 7) is 8.50. The number of amides is 1. The molecule has 2 N–H and O–H groups in total. The average molecular weight is 385 g/mol. The van der Waals surface area contributed by atoms with Gasteiger partial charge in [0.05, 0.1) is 11.7 Å². The molecule has 0 aromatic heterocycles. The molecular weight excluding hydrogens is 352 g/mol. The summed E-state index contributed by atoms with van der Waals surface area (Å²) in [7, 11) is 4.07. The lowest BCUT2D eigenvalue weighted by Gasteiger charge is -2.38. The number of para-hydroxylation sites is 2. The zero-order valence-electron chi connectivity index (χ0n) is 16.4.